The molecule has 0 saturated carbocycles. The fourth-order valence-electron chi connectivity index (χ4n) is 4.14. The molecule has 0 aliphatic rings. The first kappa shape index (κ1) is 25.1. The number of nitrogens with zero attached hydrogens (tertiary/aromatic N) is 5. The highest BCUT2D eigenvalue weighted by Crippen LogP contribution is 2.36. The summed E-state index contributed by atoms with van der Waals surface area (Å²) in [7, 11) is 1.60. The van der Waals surface area contributed by atoms with Gasteiger partial charge in [0.25, 0.3) is 0 Å². The molecule has 0 N–H and O–H groups in total. The van der Waals surface area contributed by atoms with Crippen molar-refractivity contribution < 1.29 is 22.7 Å². The van der Waals surface area contributed by atoms with Crippen LogP contribution in [0, 0.1) is 19.3 Å². The number of benzene rings is 1. The summed E-state index contributed by atoms with van der Waals surface area (Å²) in [5.41, 5.74) is 2.53. The highest BCUT2D eigenvalue weighted by molar-refractivity contribution is 5.97. The summed E-state index contributed by atoms with van der Waals surface area (Å²) in [6.45, 7) is 2.32. The molecule has 1 aromatic carbocycles. The van der Waals surface area contributed by atoms with E-state index in [2.05, 4.69) is 21.0 Å². The van der Waals surface area contributed by atoms with Crippen LogP contribution in [0.25, 0.3) is 16.9 Å². The molecule has 0 aliphatic heterocycles. The fraction of sp³-hybridized carbons (Fsp3) is 0.308. The predicted molar refractivity (Wildman–Crippen MR) is 127 cm³/mol. The van der Waals surface area contributed by atoms with E-state index in [-0.39, 0.29) is 23.6 Å². The standard InChI is InChI=1S/C26H24F3N5O2/c1-4-10-33-16-20(24(32-33)26(27,28)29)22-15-31-25-21(30-9-11-34(22)25)14-18-7-8-19(17(2)13-18)23(35)6-5-12-36-3/h1,7-9,11,13,15-16H,5-6,10,12,14H2,2-3H3. The van der Waals surface area contributed by atoms with Gasteiger partial charge >= 0.3 is 6.18 Å². The second kappa shape index (κ2) is 10.3. The number of ketones is 1. The van der Waals surface area contributed by atoms with Crippen molar-refractivity contribution >= 4 is 11.4 Å². The van der Waals surface area contributed by atoms with Crippen LogP contribution in [0.2, 0.25) is 0 Å². The Hall–Kier alpha value is -3.97. The van der Waals surface area contributed by atoms with Gasteiger partial charge in [-0.2, -0.15) is 18.3 Å². The first-order valence-electron chi connectivity index (χ1n) is 11.2. The lowest BCUT2D eigenvalue weighted by molar-refractivity contribution is -0.141. The van der Waals surface area contributed by atoms with E-state index >= 15 is 0 Å². The van der Waals surface area contributed by atoms with Gasteiger partial charge in [0, 0.05) is 50.7 Å². The van der Waals surface area contributed by atoms with Gasteiger partial charge in [-0.1, -0.05) is 24.1 Å². The van der Waals surface area contributed by atoms with Crippen molar-refractivity contribution in [1.29, 1.82) is 0 Å². The van der Waals surface area contributed by atoms with Crippen molar-refractivity contribution in [3.05, 3.63) is 71.1 Å². The lowest BCUT2D eigenvalue weighted by atomic mass is 9.97. The number of methoxy groups -OCH3 is 1. The molecule has 3 heterocycles. The van der Waals surface area contributed by atoms with Crippen molar-refractivity contribution in [2.75, 3.05) is 13.7 Å². The van der Waals surface area contributed by atoms with Crippen LogP contribution in [-0.4, -0.2) is 43.6 Å². The Morgan fingerprint density at radius 1 is 1.25 bits per heavy atom. The Morgan fingerprint density at radius 2 is 2.06 bits per heavy atom. The van der Waals surface area contributed by atoms with Gasteiger partial charge in [0.05, 0.1) is 23.1 Å². The van der Waals surface area contributed by atoms with E-state index in [0.29, 0.717) is 42.8 Å². The molecule has 0 aliphatic carbocycles. The molecular formula is C26H24F3N5O2. The Balaban J connectivity index is 1.65. The predicted octanol–water partition coefficient (Wildman–Crippen LogP) is 4.75. The zero-order chi connectivity index (χ0) is 25.9. The van der Waals surface area contributed by atoms with Crippen LogP contribution in [0.15, 0.2) is 43.0 Å². The molecule has 36 heavy (non-hydrogen) atoms. The van der Waals surface area contributed by atoms with Crippen molar-refractivity contribution in [2.24, 2.45) is 0 Å². The lowest BCUT2D eigenvalue weighted by Crippen LogP contribution is -2.09. The maximum absolute atomic E-state index is 13.7. The average molecular weight is 496 g/mol. The van der Waals surface area contributed by atoms with Gasteiger partial charge in [0.1, 0.15) is 6.54 Å². The Kier molecular flexibility index (Phi) is 7.22. The number of ether oxygens (including phenoxy) is 1. The first-order chi connectivity index (χ1) is 17.2. The van der Waals surface area contributed by atoms with Crippen LogP contribution in [0.5, 0.6) is 0 Å². The maximum atomic E-state index is 13.7. The molecule has 4 rings (SSSR count). The number of Topliss-reactive ketones (excluding diaryl/α,β-unsaturated/α-hetero) is 1. The third-order valence-corrected chi connectivity index (χ3v) is 5.78. The number of aromatic nitrogens is 5. The monoisotopic (exact) mass is 495 g/mol. The number of aryl methyl sites for hydroxylation is 1. The summed E-state index contributed by atoms with van der Waals surface area (Å²) in [6, 6.07) is 5.58. The molecule has 3 aromatic heterocycles. The van der Waals surface area contributed by atoms with Crippen LogP contribution in [0.3, 0.4) is 0 Å². The smallest absolute Gasteiger partial charge is 0.385 e. The zero-order valence-electron chi connectivity index (χ0n) is 19.8. The minimum absolute atomic E-state index is 0.0556. The zero-order valence-corrected chi connectivity index (χ0v) is 19.8. The molecule has 186 valence electrons. The number of carbonyl (C=O) groups is 1. The maximum Gasteiger partial charge on any atom is 0.435 e. The SMILES string of the molecule is C#CCn1cc(-c2cnc3c(Cc4ccc(C(=O)CCCOC)c(C)c4)nccn23)c(C(F)(F)F)n1. The molecule has 0 radical (unpaired) electrons. The molecule has 4 aromatic rings. The number of rotatable bonds is 9. The normalized spacial score (nSPS) is 11.7. The van der Waals surface area contributed by atoms with Crippen molar-refractivity contribution in [3.63, 3.8) is 0 Å². The minimum atomic E-state index is -4.66. The molecule has 0 spiro atoms. The Bertz CT molecular complexity index is 1450. The van der Waals surface area contributed by atoms with E-state index in [1.807, 2.05) is 19.1 Å². The Morgan fingerprint density at radius 3 is 2.75 bits per heavy atom. The second-order valence-corrected chi connectivity index (χ2v) is 8.35. The molecule has 0 unspecified atom stereocenters. The second-order valence-electron chi connectivity index (χ2n) is 8.35. The number of imidazole rings is 1. The highest BCUT2D eigenvalue weighted by Gasteiger charge is 2.38. The van der Waals surface area contributed by atoms with Crippen molar-refractivity contribution in [3.8, 4) is 23.6 Å². The summed E-state index contributed by atoms with van der Waals surface area (Å²) in [5.74, 6) is 2.35. The van der Waals surface area contributed by atoms with Gasteiger partial charge in [-0.05, 0) is 24.5 Å². The van der Waals surface area contributed by atoms with Crippen molar-refractivity contribution in [1.82, 2.24) is 24.1 Å². The molecule has 0 amide bonds. The molecule has 10 heteroatoms. The van der Waals surface area contributed by atoms with E-state index in [4.69, 9.17) is 11.2 Å². The van der Waals surface area contributed by atoms with Crippen LogP contribution >= 0.6 is 0 Å². The minimum Gasteiger partial charge on any atom is -0.385 e. The molecular weight excluding hydrogens is 471 g/mol. The summed E-state index contributed by atoms with van der Waals surface area (Å²) in [6.07, 6.45) is 7.78. The van der Waals surface area contributed by atoms with Gasteiger partial charge in [-0.3, -0.25) is 18.9 Å². The first-order valence-corrected chi connectivity index (χ1v) is 11.2. The van der Waals surface area contributed by atoms with Crippen LogP contribution in [-0.2, 0) is 23.9 Å². The largest absolute Gasteiger partial charge is 0.435 e. The van der Waals surface area contributed by atoms with E-state index in [1.54, 1.807) is 23.8 Å². The number of terminal acetylenes is 1. The Labute approximate surface area is 205 Å². The van der Waals surface area contributed by atoms with Crippen LogP contribution < -0.4 is 0 Å². The van der Waals surface area contributed by atoms with Crippen LogP contribution in [0.1, 0.15) is 45.7 Å². The number of alkyl halides is 3. The fourth-order valence-corrected chi connectivity index (χ4v) is 4.14. The lowest BCUT2D eigenvalue weighted by Gasteiger charge is -2.09. The van der Waals surface area contributed by atoms with Crippen molar-refractivity contribution in [2.45, 2.75) is 38.9 Å². The average Bonchev–Trinajstić information content (AvgIpc) is 3.44. The van der Waals surface area contributed by atoms with E-state index < -0.39 is 11.9 Å². The van der Waals surface area contributed by atoms with Gasteiger partial charge in [-0.15, -0.1) is 6.42 Å². The van der Waals surface area contributed by atoms with Gasteiger partial charge < -0.3 is 4.74 Å². The number of fused-ring (bicyclic) bond motifs is 1. The van der Waals surface area contributed by atoms with Gasteiger partial charge in [0.15, 0.2) is 17.1 Å². The molecule has 0 bridgehead atoms. The van der Waals surface area contributed by atoms with Gasteiger partial charge in [0.2, 0.25) is 0 Å². The third kappa shape index (κ3) is 5.16. The van der Waals surface area contributed by atoms with Crippen LogP contribution in [0.4, 0.5) is 13.2 Å². The highest BCUT2D eigenvalue weighted by atomic mass is 19.4. The quantitative estimate of drug-likeness (QED) is 0.190. The summed E-state index contributed by atoms with van der Waals surface area (Å²) in [5, 5.41) is 3.64. The summed E-state index contributed by atoms with van der Waals surface area (Å²) >= 11 is 0. The molecule has 0 saturated heterocycles. The number of hydrogen-bond acceptors (Lipinski definition) is 5. The molecule has 7 nitrogen and oxygen atoms in total. The number of halogens is 3. The van der Waals surface area contributed by atoms with E-state index in [1.165, 1.54) is 18.6 Å². The number of carbonyl (C=O) groups excluding carboxylic acids is 1. The third-order valence-electron chi connectivity index (χ3n) is 5.78. The molecule has 0 atom stereocenters. The topological polar surface area (TPSA) is 74.3 Å². The van der Waals surface area contributed by atoms with E-state index in [0.717, 1.165) is 15.8 Å². The van der Waals surface area contributed by atoms with E-state index in [9.17, 15) is 18.0 Å². The number of hydrogen-bond donors (Lipinski definition) is 0. The molecule has 0 fully saturated rings. The summed E-state index contributed by atoms with van der Waals surface area (Å²) < 4.78 is 48.7. The summed E-state index contributed by atoms with van der Waals surface area (Å²) in [4.78, 5) is 21.3. The van der Waals surface area contributed by atoms with Gasteiger partial charge in [-0.25, -0.2) is 4.98 Å².